The molecule has 1 atom stereocenters. The molecule has 2 heterocycles. The number of fused-ring (bicyclic) bond motifs is 1. The number of aromatic nitrogens is 1. The number of esters is 1. The highest BCUT2D eigenvalue weighted by Gasteiger charge is 2.33. The van der Waals surface area contributed by atoms with Gasteiger partial charge in [0, 0.05) is 6.07 Å². The number of benzene rings is 3. The van der Waals surface area contributed by atoms with Gasteiger partial charge in [-0.05, 0) is 61.4 Å². The molecule has 0 unspecified atom stereocenters. The number of rotatable bonds is 11. The quantitative estimate of drug-likeness (QED) is 0.0950. The maximum Gasteiger partial charge on any atom is 0.338 e. The molecule has 1 aliphatic heterocycles. The number of carbonyl (C=O) groups is 1. The first kappa shape index (κ1) is 31.5. The summed E-state index contributed by atoms with van der Waals surface area (Å²) in [5, 5.41) is 22.6. The second-order valence-corrected chi connectivity index (χ2v) is 10.8. The fraction of sp³-hybridized carbons (Fsp3) is 0.156. The molecule has 3 aromatic carbocycles. The molecule has 0 amide bonds. The number of nitro benzene ring substituents is 2. The van der Waals surface area contributed by atoms with Gasteiger partial charge in [0.15, 0.2) is 4.80 Å². The normalized spacial score (nSPS) is 14.2. The number of non-ortho nitro benzene ring substituents is 1. The highest BCUT2D eigenvalue weighted by atomic mass is 32.1. The van der Waals surface area contributed by atoms with Crippen LogP contribution in [0, 0.1) is 20.2 Å². The van der Waals surface area contributed by atoms with Gasteiger partial charge in [-0.3, -0.25) is 29.6 Å². The summed E-state index contributed by atoms with van der Waals surface area (Å²) in [6, 6.07) is 15.8. The molecule has 1 aromatic heterocycles. The number of nitro groups is 2. The maximum atomic E-state index is 13.9. The molecule has 0 aliphatic carbocycles. The molecule has 234 valence electrons. The molecule has 1 aliphatic rings. The molecule has 46 heavy (non-hydrogen) atoms. The molecule has 0 fully saturated rings. The van der Waals surface area contributed by atoms with Crippen LogP contribution >= 0.6 is 11.3 Å². The van der Waals surface area contributed by atoms with Crippen molar-refractivity contribution in [3.05, 3.63) is 142 Å². The lowest BCUT2D eigenvalue weighted by molar-refractivity contribution is -0.394. The van der Waals surface area contributed by atoms with E-state index in [0.717, 1.165) is 29.5 Å². The van der Waals surface area contributed by atoms with Crippen LogP contribution in [0.1, 0.15) is 31.0 Å². The SMILES string of the molecule is C=CCOc1ccc([C@H]2C(C(=O)OCC)=C(C)N=c3s/c(=C/c4cccc(Oc5ccc([N+](=O)[O-])cc5[N+](=O)[O-])c4)c(=O)n32)cc1. The fourth-order valence-electron chi connectivity index (χ4n) is 4.80. The summed E-state index contributed by atoms with van der Waals surface area (Å²) < 4.78 is 18.4. The number of hydrogen-bond acceptors (Lipinski definition) is 11. The third-order valence-corrected chi connectivity index (χ3v) is 7.80. The van der Waals surface area contributed by atoms with Crippen molar-refractivity contribution in [1.29, 1.82) is 0 Å². The Labute approximate surface area is 264 Å². The van der Waals surface area contributed by atoms with E-state index in [1.54, 1.807) is 74.5 Å². The molecule has 13 nitrogen and oxygen atoms in total. The van der Waals surface area contributed by atoms with Crippen molar-refractivity contribution < 1.29 is 28.9 Å². The van der Waals surface area contributed by atoms with Crippen molar-refractivity contribution in [3.63, 3.8) is 0 Å². The lowest BCUT2D eigenvalue weighted by atomic mass is 9.96. The van der Waals surface area contributed by atoms with E-state index in [2.05, 4.69) is 11.6 Å². The van der Waals surface area contributed by atoms with Gasteiger partial charge in [-0.15, -0.1) is 0 Å². The van der Waals surface area contributed by atoms with Gasteiger partial charge in [0.1, 0.15) is 18.1 Å². The second kappa shape index (κ2) is 13.4. The summed E-state index contributed by atoms with van der Waals surface area (Å²) in [6.45, 7) is 7.49. The molecule has 14 heteroatoms. The number of nitrogens with zero attached hydrogens (tertiary/aromatic N) is 4. The van der Waals surface area contributed by atoms with Gasteiger partial charge in [0.25, 0.3) is 11.2 Å². The predicted octanol–water partition coefficient (Wildman–Crippen LogP) is 4.97. The first-order chi connectivity index (χ1) is 22.1. The lowest BCUT2D eigenvalue weighted by Gasteiger charge is -2.24. The number of carbonyl (C=O) groups excluding carboxylic acids is 1. The topological polar surface area (TPSA) is 165 Å². The minimum Gasteiger partial charge on any atom is -0.490 e. The van der Waals surface area contributed by atoms with Crippen LogP contribution in [0.25, 0.3) is 6.08 Å². The van der Waals surface area contributed by atoms with Crippen LogP contribution in [0.2, 0.25) is 0 Å². The highest BCUT2D eigenvalue weighted by Crippen LogP contribution is 2.35. The van der Waals surface area contributed by atoms with Crippen molar-refractivity contribution in [3.8, 4) is 17.2 Å². The van der Waals surface area contributed by atoms with Crippen molar-refractivity contribution in [2.45, 2.75) is 19.9 Å². The number of ether oxygens (including phenoxy) is 3. The van der Waals surface area contributed by atoms with E-state index in [1.807, 2.05) is 0 Å². The number of allylic oxidation sites excluding steroid dienone is 1. The second-order valence-electron chi connectivity index (χ2n) is 9.81. The molecule has 5 rings (SSSR count). The molecule has 0 N–H and O–H groups in total. The largest absolute Gasteiger partial charge is 0.490 e. The van der Waals surface area contributed by atoms with Gasteiger partial charge in [0.05, 0.1) is 44.4 Å². The van der Waals surface area contributed by atoms with Gasteiger partial charge in [0.2, 0.25) is 5.75 Å². The van der Waals surface area contributed by atoms with Crippen LogP contribution < -0.4 is 24.4 Å². The average molecular weight is 643 g/mol. The van der Waals surface area contributed by atoms with E-state index < -0.39 is 38.8 Å². The van der Waals surface area contributed by atoms with E-state index in [4.69, 9.17) is 14.2 Å². The summed E-state index contributed by atoms with van der Waals surface area (Å²) in [5.41, 5.74) is 0.432. The first-order valence-electron chi connectivity index (χ1n) is 13.8. The zero-order chi connectivity index (χ0) is 33.0. The fourth-order valence-corrected chi connectivity index (χ4v) is 5.85. The van der Waals surface area contributed by atoms with E-state index in [0.29, 0.717) is 38.5 Å². The molecular formula is C32H26N4O9S. The average Bonchev–Trinajstić information content (AvgIpc) is 3.33. The third kappa shape index (κ3) is 6.46. The van der Waals surface area contributed by atoms with Gasteiger partial charge in [-0.2, -0.15) is 0 Å². The molecule has 0 spiro atoms. The third-order valence-electron chi connectivity index (χ3n) is 6.81. The Balaban J connectivity index is 1.56. The molecule has 4 aromatic rings. The Morgan fingerprint density at radius 1 is 1.07 bits per heavy atom. The summed E-state index contributed by atoms with van der Waals surface area (Å²) in [5.74, 6) is 0.0290. The standard InChI is InChI=1S/C32H26N4O9S/c1-4-15-44-23-12-9-21(10-13-23)29-28(31(38)43-5-2)19(3)33-32-34(29)30(37)27(46-32)17-20-7-6-8-24(16-20)45-26-14-11-22(35(39)40)18-25(26)36(41)42/h4,6-14,16-18,29H,1,5,15H2,2-3H3/b27-17+/t29-/m0/s1. The Kier molecular flexibility index (Phi) is 9.18. The summed E-state index contributed by atoms with van der Waals surface area (Å²) in [4.78, 5) is 53.2. The first-order valence-corrected chi connectivity index (χ1v) is 14.7. The predicted molar refractivity (Wildman–Crippen MR) is 169 cm³/mol. The van der Waals surface area contributed by atoms with Crippen LogP contribution in [0.3, 0.4) is 0 Å². The summed E-state index contributed by atoms with van der Waals surface area (Å²) in [6.07, 6.45) is 3.24. The van der Waals surface area contributed by atoms with E-state index in [-0.39, 0.29) is 23.7 Å². The van der Waals surface area contributed by atoms with Gasteiger partial charge in [-0.25, -0.2) is 9.79 Å². The van der Waals surface area contributed by atoms with Gasteiger partial charge < -0.3 is 14.2 Å². The molecule has 0 radical (unpaired) electrons. The van der Waals surface area contributed by atoms with Crippen LogP contribution in [0.4, 0.5) is 11.4 Å². The highest BCUT2D eigenvalue weighted by molar-refractivity contribution is 7.07. The number of hydrogen-bond donors (Lipinski definition) is 0. The zero-order valence-electron chi connectivity index (χ0n) is 24.6. The molecule has 0 saturated heterocycles. The Bertz CT molecular complexity index is 2080. The van der Waals surface area contributed by atoms with Crippen molar-refractivity contribution in [2.24, 2.45) is 4.99 Å². The van der Waals surface area contributed by atoms with Crippen molar-refractivity contribution >= 4 is 34.8 Å². The van der Waals surface area contributed by atoms with Crippen molar-refractivity contribution in [2.75, 3.05) is 13.2 Å². The van der Waals surface area contributed by atoms with Crippen LogP contribution in [0.15, 0.2) is 100 Å². The molecule has 0 saturated carbocycles. The summed E-state index contributed by atoms with van der Waals surface area (Å²) in [7, 11) is 0. The molecular weight excluding hydrogens is 616 g/mol. The molecule has 0 bridgehead atoms. The zero-order valence-corrected chi connectivity index (χ0v) is 25.4. The smallest absolute Gasteiger partial charge is 0.338 e. The van der Waals surface area contributed by atoms with Crippen LogP contribution in [-0.2, 0) is 9.53 Å². The van der Waals surface area contributed by atoms with E-state index in [1.165, 1.54) is 4.57 Å². The lowest BCUT2D eigenvalue weighted by Crippen LogP contribution is -2.39. The van der Waals surface area contributed by atoms with E-state index >= 15 is 0 Å². The Hall–Kier alpha value is -5.89. The van der Waals surface area contributed by atoms with Gasteiger partial charge in [-0.1, -0.05) is 48.3 Å². The maximum absolute atomic E-state index is 13.9. The minimum absolute atomic E-state index is 0.141. The minimum atomic E-state index is -0.816. The van der Waals surface area contributed by atoms with Gasteiger partial charge >= 0.3 is 11.7 Å². The van der Waals surface area contributed by atoms with Crippen molar-refractivity contribution in [1.82, 2.24) is 4.57 Å². The Morgan fingerprint density at radius 3 is 2.50 bits per heavy atom. The Morgan fingerprint density at radius 2 is 1.83 bits per heavy atom. The van der Waals surface area contributed by atoms with Crippen LogP contribution in [-0.4, -0.2) is 33.6 Å². The number of thiazole rings is 1. The monoisotopic (exact) mass is 642 g/mol. The van der Waals surface area contributed by atoms with E-state index in [9.17, 15) is 29.8 Å². The van der Waals surface area contributed by atoms with Crippen LogP contribution in [0.5, 0.6) is 17.2 Å². The summed E-state index contributed by atoms with van der Waals surface area (Å²) >= 11 is 1.13.